The normalized spacial score (nSPS) is 17.1. The number of carbonyl (C=O) groups excluding carboxylic acids is 1. The van der Waals surface area contributed by atoms with Crippen molar-refractivity contribution in [2.75, 3.05) is 0 Å². The zero-order valence-corrected chi connectivity index (χ0v) is 14.6. The highest BCUT2D eigenvalue weighted by molar-refractivity contribution is 6.15. The number of benzene rings is 2. The molecule has 2 aromatic rings. The lowest BCUT2D eigenvalue weighted by Crippen LogP contribution is -2.01. The van der Waals surface area contributed by atoms with E-state index in [1.165, 1.54) is 24.3 Å². The molecule has 0 bridgehead atoms. The number of carbonyl (C=O) groups is 1. The Kier molecular flexibility index (Phi) is 6.13. The van der Waals surface area contributed by atoms with Crippen LogP contribution < -0.4 is 9.47 Å². The van der Waals surface area contributed by atoms with Gasteiger partial charge >= 0.3 is 13.2 Å². The standard InChI is InChI=1S/C21H16F4O3/c22-20(23)27-17-7-1-13(2-8-17)11-15-5-6-16(19(15)26)12-14-3-9-18(10-4-14)28-21(24)25/h1-4,7-12,20-21H,5-6H2. The topological polar surface area (TPSA) is 35.5 Å². The van der Waals surface area contributed by atoms with E-state index in [9.17, 15) is 22.4 Å². The van der Waals surface area contributed by atoms with E-state index in [2.05, 4.69) is 9.47 Å². The van der Waals surface area contributed by atoms with Crippen LogP contribution in [0.4, 0.5) is 17.6 Å². The van der Waals surface area contributed by atoms with Gasteiger partial charge in [-0.15, -0.1) is 0 Å². The minimum absolute atomic E-state index is 0.0507. The second-order valence-corrected chi connectivity index (χ2v) is 6.06. The Morgan fingerprint density at radius 3 is 1.36 bits per heavy atom. The lowest BCUT2D eigenvalue weighted by molar-refractivity contribution is -0.111. The fourth-order valence-electron chi connectivity index (χ4n) is 2.87. The smallest absolute Gasteiger partial charge is 0.387 e. The molecule has 0 aliphatic heterocycles. The predicted octanol–water partition coefficient (Wildman–Crippen LogP) is 5.72. The molecule has 0 saturated heterocycles. The lowest BCUT2D eigenvalue weighted by Gasteiger charge is -2.04. The molecule has 0 spiro atoms. The third kappa shape index (κ3) is 5.22. The molecule has 0 unspecified atom stereocenters. The van der Waals surface area contributed by atoms with Gasteiger partial charge in [0.25, 0.3) is 0 Å². The number of ketones is 1. The molecule has 146 valence electrons. The fraction of sp³-hybridized carbons (Fsp3) is 0.190. The Morgan fingerprint density at radius 1 is 0.679 bits per heavy atom. The maximum atomic E-state index is 12.6. The van der Waals surface area contributed by atoms with Crippen molar-refractivity contribution in [2.45, 2.75) is 26.1 Å². The zero-order valence-electron chi connectivity index (χ0n) is 14.6. The van der Waals surface area contributed by atoms with Crippen LogP contribution in [0.15, 0.2) is 59.7 Å². The molecule has 0 amide bonds. The van der Waals surface area contributed by atoms with Crippen LogP contribution >= 0.6 is 0 Å². The third-order valence-corrected chi connectivity index (χ3v) is 4.14. The van der Waals surface area contributed by atoms with Gasteiger partial charge in [-0.3, -0.25) is 4.79 Å². The molecule has 7 heteroatoms. The lowest BCUT2D eigenvalue weighted by atomic mass is 10.1. The van der Waals surface area contributed by atoms with Gasteiger partial charge < -0.3 is 9.47 Å². The van der Waals surface area contributed by atoms with Gasteiger partial charge in [0.15, 0.2) is 5.78 Å². The van der Waals surface area contributed by atoms with Crippen LogP contribution in [0.25, 0.3) is 12.2 Å². The summed E-state index contributed by atoms with van der Waals surface area (Å²) in [6.07, 6.45) is 4.56. The van der Waals surface area contributed by atoms with Crippen LogP contribution in [0.1, 0.15) is 24.0 Å². The highest BCUT2D eigenvalue weighted by Gasteiger charge is 2.23. The van der Waals surface area contributed by atoms with E-state index >= 15 is 0 Å². The van der Waals surface area contributed by atoms with Crippen LogP contribution in [0.3, 0.4) is 0 Å². The molecule has 0 radical (unpaired) electrons. The van der Waals surface area contributed by atoms with Crippen molar-refractivity contribution in [1.29, 1.82) is 0 Å². The minimum Gasteiger partial charge on any atom is -0.435 e. The number of hydrogen-bond acceptors (Lipinski definition) is 3. The van der Waals surface area contributed by atoms with Gasteiger partial charge in [-0.05, 0) is 60.4 Å². The van der Waals surface area contributed by atoms with E-state index in [0.717, 1.165) is 0 Å². The van der Waals surface area contributed by atoms with Crippen molar-refractivity contribution in [2.24, 2.45) is 0 Å². The Labute approximate surface area is 158 Å². The van der Waals surface area contributed by atoms with Crippen molar-refractivity contribution < 1.29 is 31.8 Å². The third-order valence-electron chi connectivity index (χ3n) is 4.14. The zero-order chi connectivity index (χ0) is 20.1. The number of Topliss-reactive ketones (excluding diaryl/α,β-unsaturated/α-hetero) is 1. The van der Waals surface area contributed by atoms with Gasteiger partial charge in [0, 0.05) is 11.1 Å². The van der Waals surface area contributed by atoms with E-state index in [4.69, 9.17) is 0 Å². The molecular formula is C21H16F4O3. The molecule has 3 nitrogen and oxygen atoms in total. The molecule has 2 aromatic carbocycles. The number of alkyl halides is 4. The van der Waals surface area contributed by atoms with Gasteiger partial charge in [-0.2, -0.15) is 17.6 Å². The van der Waals surface area contributed by atoms with Crippen molar-refractivity contribution >= 4 is 17.9 Å². The predicted molar refractivity (Wildman–Crippen MR) is 96.3 cm³/mol. The molecule has 0 N–H and O–H groups in total. The monoisotopic (exact) mass is 392 g/mol. The number of halogens is 4. The van der Waals surface area contributed by atoms with Gasteiger partial charge in [0.05, 0.1) is 0 Å². The summed E-state index contributed by atoms with van der Waals surface area (Å²) in [5.74, 6) is 0.00492. The van der Waals surface area contributed by atoms with Crippen molar-refractivity contribution in [3.63, 3.8) is 0 Å². The first-order chi connectivity index (χ1) is 13.4. The van der Waals surface area contributed by atoms with Crippen LogP contribution in [-0.2, 0) is 4.79 Å². The summed E-state index contributed by atoms with van der Waals surface area (Å²) < 4.78 is 57.3. The highest BCUT2D eigenvalue weighted by Crippen LogP contribution is 2.30. The van der Waals surface area contributed by atoms with Crippen molar-refractivity contribution in [1.82, 2.24) is 0 Å². The Hall–Kier alpha value is -3.09. The first-order valence-electron chi connectivity index (χ1n) is 8.46. The number of allylic oxidation sites excluding steroid dienone is 2. The van der Waals surface area contributed by atoms with E-state index in [1.807, 2.05) is 0 Å². The SMILES string of the molecule is O=C1C(=Cc2ccc(OC(F)F)cc2)CCC1=Cc1ccc(OC(F)F)cc1. The Morgan fingerprint density at radius 2 is 1.04 bits per heavy atom. The van der Waals surface area contributed by atoms with E-state index in [1.54, 1.807) is 36.4 Å². The summed E-state index contributed by atoms with van der Waals surface area (Å²) in [7, 11) is 0. The van der Waals surface area contributed by atoms with E-state index in [-0.39, 0.29) is 17.3 Å². The maximum Gasteiger partial charge on any atom is 0.387 e. The summed E-state index contributed by atoms with van der Waals surface area (Å²) in [5.41, 5.74) is 2.65. The second-order valence-electron chi connectivity index (χ2n) is 6.06. The van der Waals surface area contributed by atoms with Crippen LogP contribution in [0, 0.1) is 0 Å². The fourth-order valence-corrected chi connectivity index (χ4v) is 2.87. The van der Waals surface area contributed by atoms with Gasteiger partial charge in [-0.25, -0.2) is 0 Å². The molecule has 1 aliphatic rings. The number of rotatable bonds is 6. The second kappa shape index (κ2) is 8.73. The molecular weight excluding hydrogens is 376 g/mol. The molecule has 1 fully saturated rings. The summed E-state index contributed by atoms with van der Waals surface area (Å²) >= 11 is 0. The van der Waals surface area contributed by atoms with Crippen LogP contribution in [0.5, 0.6) is 11.5 Å². The number of hydrogen-bond donors (Lipinski definition) is 0. The molecule has 3 rings (SSSR count). The average molecular weight is 392 g/mol. The average Bonchev–Trinajstić information content (AvgIpc) is 2.97. The highest BCUT2D eigenvalue weighted by atomic mass is 19.3. The van der Waals surface area contributed by atoms with Gasteiger partial charge in [-0.1, -0.05) is 24.3 Å². The largest absolute Gasteiger partial charge is 0.435 e. The Balaban J connectivity index is 1.70. The van der Waals surface area contributed by atoms with Crippen molar-refractivity contribution in [3.05, 3.63) is 70.8 Å². The molecule has 28 heavy (non-hydrogen) atoms. The van der Waals surface area contributed by atoms with Crippen LogP contribution in [-0.4, -0.2) is 19.0 Å². The maximum absolute atomic E-state index is 12.6. The van der Waals surface area contributed by atoms with Crippen molar-refractivity contribution in [3.8, 4) is 11.5 Å². The van der Waals surface area contributed by atoms with Crippen LogP contribution in [0.2, 0.25) is 0 Å². The quantitative estimate of drug-likeness (QED) is 0.466. The summed E-state index contributed by atoms with van der Waals surface area (Å²) in [6.45, 7) is -5.77. The Bertz CT molecular complexity index is 811. The van der Waals surface area contributed by atoms with E-state index in [0.29, 0.717) is 35.1 Å². The molecule has 0 aromatic heterocycles. The first-order valence-corrected chi connectivity index (χ1v) is 8.46. The molecule has 0 heterocycles. The summed E-state index contributed by atoms with van der Waals surface area (Å²) in [4.78, 5) is 12.6. The van der Waals surface area contributed by atoms with Gasteiger partial charge in [0.2, 0.25) is 0 Å². The molecule has 0 atom stereocenters. The first kappa shape index (κ1) is 19.7. The molecule has 1 aliphatic carbocycles. The van der Waals surface area contributed by atoms with E-state index < -0.39 is 13.2 Å². The minimum atomic E-state index is -2.88. The molecule has 1 saturated carbocycles. The number of ether oxygens (including phenoxy) is 2. The summed E-state index contributed by atoms with van der Waals surface area (Å²) in [6, 6.07) is 12.1. The summed E-state index contributed by atoms with van der Waals surface area (Å²) in [5, 5.41) is 0. The van der Waals surface area contributed by atoms with Gasteiger partial charge in [0.1, 0.15) is 11.5 Å².